The number of para-hydroxylation sites is 1. The van der Waals surface area contributed by atoms with Gasteiger partial charge >= 0.3 is 0 Å². The molecule has 3 N–H and O–H groups in total. The molecule has 2 aromatic heterocycles. The summed E-state index contributed by atoms with van der Waals surface area (Å²) in [6, 6.07) is 22.5. The first-order chi connectivity index (χ1) is 19.7. The Morgan fingerprint density at radius 3 is 2.54 bits per heavy atom. The number of fused-ring (bicyclic) bond motifs is 2. The fraction of sp³-hybridized carbons (Fsp3) is 0.129. The third-order valence-electron chi connectivity index (χ3n) is 6.81. The lowest BCUT2D eigenvalue weighted by molar-refractivity contribution is -0.117. The standard InChI is InChI=1S/C31H25FN6O3/c1-31(2,41)19-13-14-20(22(32)17-19)26-24(28-33-15-8-16-38(28)37-26)29(39)36-27-30(40)34-23-12-7-6-11-21(23)25(35-27)18-9-4-3-5-10-18/h3-17,27,41H,1-2H3,(H,34,40)(H,36,39)/t27-/m1/s1. The lowest BCUT2D eigenvalue weighted by Crippen LogP contribution is -2.42. The Morgan fingerprint density at radius 2 is 1.78 bits per heavy atom. The molecule has 9 nitrogen and oxygen atoms in total. The minimum Gasteiger partial charge on any atom is -0.386 e. The Balaban J connectivity index is 1.44. The average molecular weight is 549 g/mol. The highest BCUT2D eigenvalue weighted by atomic mass is 19.1. The predicted molar refractivity (Wildman–Crippen MR) is 152 cm³/mol. The maximum Gasteiger partial charge on any atom is 0.269 e. The van der Waals surface area contributed by atoms with Gasteiger partial charge in [-0.1, -0.05) is 54.6 Å². The zero-order valence-corrected chi connectivity index (χ0v) is 22.2. The van der Waals surface area contributed by atoms with Crippen molar-refractivity contribution < 1.29 is 19.1 Å². The molecule has 1 aliphatic rings. The van der Waals surface area contributed by atoms with Crippen LogP contribution in [0.2, 0.25) is 0 Å². The van der Waals surface area contributed by atoms with Crippen LogP contribution in [0.4, 0.5) is 10.1 Å². The molecule has 3 aromatic carbocycles. The van der Waals surface area contributed by atoms with Crippen molar-refractivity contribution in [3.8, 4) is 11.3 Å². The van der Waals surface area contributed by atoms with E-state index in [-0.39, 0.29) is 22.5 Å². The molecule has 10 heteroatoms. The van der Waals surface area contributed by atoms with Crippen molar-refractivity contribution >= 4 is 28.9 Å². The Kier molecular flexibility index (Phi) is 6.39. The monoisotopic (exact) mass is 548 g/mol. The van der Waals surface area contributed by atoms with Gasteiger partial charge in [0.15, 0.2) is 5.65 Å². The normalized spacial score (nSPS) is 15.1. The third kappa shape index (κ3) is 4.85. The molecule has 204 valence electrons. The van der Waals surface area contributed by atoms with E-state index in [9.17, 15) is 14.7 Å². The molecule has 0 aliphatic carbocycles. The van der Waals surface area contributed by atoms with Crippen molar-refractivity contribution in [1.29, 1.82) is 0 Å². The quantitative estimate of drug-likeness (QED) is 0.302. The van der Waals surface area contributed by atoms with Crippen molar-refractivity contribution in [1.82, 2.24) is 19.9 Å². The van der Waals surface area contributed by atoms with Gasteiger partial charge < -0.3 is 15.7 Å². The number of hydrogen-bond acceptors (Lipinski definition) is 6. The summed E-state index contributed by atoms with van der Waals surface area (Å²) in [5.74, 6) is -1.92. The molecule has 41 heavy (non-hydrogen) atoms. The van der Waals surface area contributed by atoms with Gasteiger partial charge in [0.2, 0.25) is 6.17 Å². The van der Waals surface area contributed by atoms with Gasteiger partial charge in [0.05, 0.1) is 17.0 Å². The van der Waals surface area contributed by atoms with Gasteiger partial charge in [-0.25, -0.2) is 18.9 Å². The SMILES string of the molecule is CC(C)(O)c1ccc(-c2nn3cccnc3c2C(=O)N[C@H]2N=C(c3ccccc3)c3ccccc3NC2=O)c(F)c1. The number of aliphatic imine (C=N–C) groups is 1. The van der Waals surface area contributed by atoms with E-state index in [2.05, 4.69) is 25.7 Å². The fourth-order valence-corrected chi connectivity index (χ4v) is 4.75. The van der Waals surface area contributed by atoms with E-state index in [4.69, 9.17) is 0 Å². The Hall–Kier alpha value is -5.22. The van der Waals surface area contributed by atoms with Crippen LogP contribution in [0.3, 0.4) is 0 Å². The predicted octanol–water partition coefficient (Wildman–Crippen LogP) is 4.31. The van der Waals surface area contributed by atoms with Gasteiger partial charge in [0.1, 0.15) is 17.1 Å². The number of rotatable bonds is 5. The summed E-state index contributed by atoms with van der Waals surface area (Å²) in [5.41, 5.74) is 1.88. The van der Waals surface area contributed by atoms with Gasteiger partial charge in [-0.15, -0.1) is 0 Å². The number of benzodiazepines with no additional fused rings is 1. The number of hydrogen-bond donors (Lipinski definition) is 3. The number of benzene rings is 3. The van der Waals surface area contributed by atoms with Crippen LogP contribution >= 0.6 is 0 Å². The molecule has 2 amide bonds. The fourth-order valence-electron chi connectivity index (χ4n) is 4.75. The van der Waals surface area contributed by atoms with E-state index in [0.29, 0.717) is 22.5 Å². The molecule has 0 saturated heterocycles. The first-order valence-electron chi connectivity index (χ1n) is 12.9. The minimum atomic E-state index is -1.31. The van der Waals surface area contributed by atoms with E-state index < -0.39 is 29.4 Å². The second kappa shape index (κ2) is 10.1. The summed E-state index contributed by atoms with van der Waals surface area (Å²) in [6.07, 6.45) is 1.78. The topological polar surface area (TPSA) is 121 Å². The number of carbonyl (C=O) groups excluding carboxylic acids is 2. The summed E-state index contributed by atoms with van der Waals surface area (Å²) in [5, 5.41) is 20.3. The molecular weight excluding hydrogens is 523 g/mol. The summed E-state index contributed by atoms with van der Waals surface area (Å²) in [6.45, 7) is 3.10. The molecule has 5 aromatic rings. The lowest BCUT2D eigenvalue weighted by Gasteiger charge is -2.18. The smallest absolute Gasteiger partial charge is 0.269 e. The number of aromatic nitrogens is 3. The summed E-state index contributed by atoms with van der Waals surface area (Å²) >= 11 is 0. The van der Waals surface area contributed by atoms with Gasteiger partial charge in [-0.2, -0.15) is 5.10 Å². The van der Waals surface area contributed by atoms with Crippen molar-refractivity contribution in [2.75, 3.05) is 5.32 Å². The molecule has 1 aliphatic heterocycles. The highest BCUT2D eigenvalue weighted by molar-refractivity contribution is 6.20. The highest BCUT2D eigenvalue weighted by Gasteiger charge is 2.31. The first-order valence-corrected chi connectivity index (χ1v) is 12.9. The van der Waals surface area contributed by atoms with Crippen LogP contribution in [-0.4, -0.2) is 43.4 Å². The van der Waals surface area contributed by atoms with E-state index in [1.807, 2.05) is 42.5 Å². The molecule has 1 atom stereocenters. The maximum atomic E-state index is 15.4. The number of halogens is 1. The van der Waals surface area contributed by atoms with Crippen LogP contribution in [0.15, 0.2) is 96.2 Å². The van der Waals surface area contributed by atoms with E-state index in [1.54, 1.807) is 44.3 Å². The van der Waals surface area contributed by atoms with Crippen LogP contribution in [0.1, 0.15) is 40.9 Å². The first kappa shape index (κ1) is 26.0. The molecule has 0 bridgehead atoms. The van der Waals surface area contributed by atoms with Crippen molar-refractivity contribution in [2.24, 2.45) is 4.99 Å². The number of carbonyl (C=O) groups is 2. The van der Waals surface area contributed by atoms with Crippen LogP contribution < -0.4 is 10.6 Å². The highest BCUT2D eigenvalue weighted by Crippen LogP contribution is 2.31. The van der Waals surface area contributed by atoms with E-state index in [1.165, 1.54) is 22.8 Å². The zero-order chi connectivity index (χ0) is 28.7. The van der Waals surface area contributed by atoms with Crippen molar-refractivity contribution in [3.63, 3.8) is 0 Å². The Morgan fingerprint density at radius 1 is 1.02 bits per heavy atom. The third-order valence-corrected chi connectivity index (χ3v) is 6.81. The van der Waals surface area contributed by atoms with Gasteiger partial charge in [0.25, 0.3) is 11.8 Å². The molecular formula is C31H25FN6O3. The number of aliphatic hydroxyl groups is 1. The maximum absolute atomic E-state index is 15.4. The summed E-state index contributed by atoms with van der Waals surface area (Å²) in [4.78, 5) is 36.2. The van der Waals surface area contributed by atoms with Gasteiger partial charge in [0, 0.05) is 29.1 Å². The summed E-state index contributed by atoms with van der Waals surface area (Å²) < 4.78 is 16.8. The van der Waals surface area contributed by atoms with Crippen LogP contribution in [0, 0.1) is 5.82 Å². The van der Waals surface area contributed by atoms with Crippen LogP contribution in [-0.2, 0) is 10.4 Å². The lowest BCUT2D eigenvalue weighted by atomic mass is 9.95. The molecule has 0 unspecified atom stereocenters. The Bertz CT molecular complexity index is 1840. The van der Waals surface area contributed by atoms with Gasteiger partial charge in [-0.05, 0) is 43.7 Å². The minimum absolute atomic E-state index is 0.0217. The molecule has 0 saturated carbocycles. The van der Waals surface area contributed by atoms with Crippen LogP contribution in [0.25, 0.3) is 16.9 Å². The Labute approximate surface area is 234 Å². The van der Waals surface area contributed by atoms with E-state index >= 15 is 4.39 Å². The number of amides is 2. The molecule has 6 rings (SSSR count). The molecule has 0 spiro atoms. The van der Waals surface area contributed by atoms with Crippen molar-refractivity contribution in [2.45, 2.75) is 25.6 Å². The van der Waals surface area contributed by atoms with Crippen LogP contribution in [0.5, 0.6) is 0 Å². The van der Waals surface area contributed by atoms with Gasteiger partial charge in [-0.3, -0.25) is 9.59 Å². The number of nitrogens with zero attached hydrogens (tertiary/aromatic N) is 4. The number of anilines is 1. The largest absolute Gasteiger partial charge is 0.386 e. The average Bonchev–Trinajstić information content (AvgIpc) is 3.28. The molecule has 3 heterocycles. The molecule has 0 fully saturated rings. The van der Waals surface area contributed by atoms with Crippen molar-refractivity contribution in [3.05, 3.63) is 119 Å². The number of nitrogens with one attached hydrogen (secondary N) is 2. The second-order valence-electron chi connectivity index (χ2n) is 10.1. The zero-order valence-electron chi connectivity index (χ0n) is 22.2. The van der Waals surface area contributed by atoms with E-state index in [0.717, 1.165) is 5.56 Å². The molecule has 0 radical (unpaired) electrons. The second-order valence-corrected chi connectivity index (χ2v) is 10.1. The summed E-state index contributed by atoms with van der Waals surface area (Å²) in [7, 11) is 0.